The molecule has 2 nitrogen and oxygen atoms in total. The fourth-order valence-corrected chi connectivity index (χ4v) is 3.41. The summed E-state index contributed by atoms with van der Waals surface area (Å²) in [6, 6.07) is 0. The number of unbranched alkanes of at least 4 members (excludes halogenated alkanes) is 17. The molecule has 0 unspecified atom stereocenters. The van der Waals surface area contributed by atoms with Crippen molar-refractivity contribution in [3.63, 3.8) is 0 Å². The van der Waals surface area contributed by atoms with E-state index in [9.17, 15) is 4.79 Å². The van der Waals surface area contributed by atoms with Gasteiger partial charge in [-0.15, -0.1) is 0 Å². The predicted molar refractivity (Wildman–Crippen MR) is 115 cm³/mol. The monoisotopic (exact) mass is 366 g/mol. The van der Waals surface area contributed by atoms with E-state index in [1.165, 1.54) is 109 Å². The van der Waals surface area contributed by atoms with Crippen LogP contribution in [0.3, 0.4) is 0 Å². The minimum atomic E-state index is -0.654. The minimum absolute atomic E-state index is 0.342. The molecule has 0 aliphatic rings. The van der Waals surface area contributed by atoms with Crippen LogP contribution in [0.2, 0.25) is 0 Å². The number of carboxylic acid groups (broad SMARTS) is 1. The van der Waals surface area contributed by atoms with Crippen molar-refractivity contribution in [1.82, 2.24) is 0 Å². The quantitative estimate of drug-likeness (QED) is 0.163. The number of hydrogen-bond acceptors (Lipinski definition) is 1. The summed E-state index contributed by atoms with van der Waals surface area (Å²) in [7, 11) is 0. The summed E-state index contributed by atoms with van der Waals surface area (Å²) in [4.78, 5) is 10.4. The van der Waals surface area contributed by atoms with Crippen LogP contribution in [-0.4, -0.2) is 11.1 Å². The minimum Gasteiger partial charge on any atom is -0.481 e. The standard InChI is InChI=1S/C24H46O2/c1-2-3-4-5-6-7-8-9-10-11-12-13-14-15-16-17-18-19-20-21-22-23-24(25)26/h9-10H,2-8,11-23H2,1H3,(H,25,26)/b10-9+. The lowest BCUT2D eigenvalue weighted by Crippen LogP contribution is -1.93. The van der Waals surface area contributed by atoms with Gasteiger partial charge in [0.2, 0.25) is 0 Å². The highest BCUT2D eigenvalue weighted by Gasteiger charge is 1.97. The van der Waals surface area contributed by atoms with Crippen molar-refractivity contribution in [1.29, 1.82) is 0 Å². The molecule has 0 fully saturated rings. The first-order valence-electron chi connectivity index (χ1n) is 11.6. The molecule has 0 aliphatic heterocycles. The second kappa shape index (κ2) is 22.3. The van der Waals surface area contributed by atoms with Gasteiger partial charge in [0, 0.05) is 6.42 Å². The Morgan fingerprint density at radius 2 is 0.923 bits per heavy atom. The molecule has 0 radical (unpaired) electrons. The molecule has 2 heteroatoms. The molecule has 0 aromatic carbocycles. The number of allylic oxidation sites excluding steroid dienone is 2. The van der Waals surface area contributed by atoms with Gasteiger partial charge in [-0.1, -0.05) is 109 Å². The first-order chi connectivity index (χ1) is 12.8. The molecule has 0 amide bonds. The lowest BCUT2D eigenvalue weighted by molar-refractivity contribution is -0.137. The molecule has 1 N–H and O–H groups in total. The highest BCUT2D eigenvalue weighted by Crippen LogP contribution is 2.13. The second-order valence-corrected chi connectivity index (χ2v) is 7.85. The van der Waals surface area contributed by atoms with Crippen molar-refractivity contribution in [2.24, 2.45) is 0 Å². The van der Waals surface area contributed by atoms with Gasteiger partial charge >= 0.3 is 5.97 Å². The van der Waals surface area contributed by atoms with Gasteiger partial charge in [0.1, 0.15) is 0 Å². The Morgan fingerprint density at radius 1 is 0.577 bits per heavy atom. The van der Waals surface area contributed by atoms with E-state index in [1.807, 2.05) is 0 Å². The third-order valence-electron chi connectivity index (χ3n) is 5.15. The van der Waals surface area contributed by atoms with Crippen LogP contribution in [0.1, 0.15) is 135 Å². The van der Waals surface area contributed by atoms with Gasteiger partial charge in [0.15, 0.2) is 0 Å². The maximum Gasteiger partial charge on any atom is 0.303 e. The number of hydrogen-bond donors (Lipinski definition) is 1. The van der Waals surface area contributed by atoms with Gasteiger partial charge in [0.05, 0.1) is 0 Å². The number of aliphatic carboxylic acids is 1. The van der Waals surface area contributed by atoms with Gasteiger partial charge in [-0.2, -0.15) is 0 Å². The van der Waals surface area contributed by atoms with Crippen LogP contribution in [0.4, 0.5) is 0 Å². The molecule has 0 bridgehead atoms. The highest BCUT2D eigenvalue weighted by molar-refractivity contribution is 5.66. The summed E-state index contributed by atoms with van der Waals surface area (Å²) in [5, 5.41) is 8.57. The molecular weight excluding hydrogens is 320 g/mol. The molecule has 26 heavy (non-hydrogen) atoms. The zero-order valence-electron chi connectivity index (χ0n) is 17.7. The maximum absolute atomic E-state index is 10.4. The molecule has 0 heterocycles. The average molecular weight is 367 g/mol. The van der Waals surface area contributed by atoms with E-state index in [-0.39, 0.29) is 0 Å². The van der Waals surface area contributed by atoms with Gasteiger partial charge in [0.25, 0.3) is 0 Å². The topological polar surface area (TPSA) is 37.3 Å². The fraction of sp³-hybridized carbons (Fsp3) is 0.875. The number of rotatable bonds is 21. The summed E-state index contributed by atoms with van der Waals surface area (Å²) in [6.07, 6.45) is 30.1. The predicted octanol–water partition coefficient (Wildman–Crippen LogP) is 8.45. The van der Waals surface area contributed by atoms with Gasteiger partial charge in [-0.25, -0.2) is 0 Å². The molecule has 0 aliphatic carbocycles. The summed E-state index contributed by atoms with van der Waals surface area (Å²) < 4.78 is 0. The average Bonchev–Trinajstić information content (AvgIpc) is 2.62. The first-order valence-corrected chi connectivity index (χ1v) is 11.6. The lowest BCUT2D eigenvalue weighted by Gasteiger charge is -2.02. The van der Waals surface area contributed by atoms with Crippen molar-refractivity contribution >= 4 is 5.97 Å². The molecule has 0 saturated carbocycles. The Bertz CT molecular complexity index is 309. The third-order valence-corrected chi connectivity index (χ3v) is 5.15. The van der Waals surface area contributed by atoms with Gasteiger partial charge in [-0.05, 0) is 32.1 Å². The second-order valence-electron chi connectivity index (χ2n) is 7.85. The van der Waals surface area contributed by atoms with Crippen molar-refractivity contribution in [3.8, 4) is 0 Å². The molecule has 0 aromatic rings. The van der Waals surface area contributed by atoms with Crippen molar-refractivity contribution in [3.05, 3.63) is 12.2 Å². The van der Waals surface area contributed by atoms with Crippen LogP contribution < -0.4 is 0 Å². The molecule has 0 aromatic heterocycles. The maximum atomic E-state index is 10.4. The normalized spacial score (nSPS) is 11.4. The van der Waals surface area contributed by atoms with E-state index < -0.39 is 5.97 Å². The summed E-state index contributed by atoms with van der Waals surface area (Å²) in [5.74, 6) is -0.654. The zero-order chi connectivity index (χ0) is 19.1. The summed E-state index contributed by atoms with van der Waals surface area (Å²) >= 11 is 0. The van der Waals surface area contributed by atoms with E-state index in [0.29, 0.717) is 6.42 Å². The van der Waals surface area contributed by atoms with E-state index in [1.54, 1.807) is 0 Å². The number of carbonyl (C=O) groups is 1. The Balaban J connectivity index is 3.06. The summed E-state index contributed by atoms with van der Waals surface area (Å²) in [5.41, 5.74) is 0. The highest BCUT2D eigenvalue weighted by atomic mass is 16.4. The van der Waals surface area contributed by atoms with Crippen LogP contribution >= 0.6 is 0 Å². The first kappa shape index (κ1) is 25.2. The molecule has 0 spiro atoms. The van der Waals surface area contributed by atoms with E-state index in [4.69, 9.17) is 5.11 Å². The van der Waals surface area contributed by atoms with Gasteiger partial charge in [-0.3, -0.25) is 4.79 Å². The Labute approximate surface area is 163 Å². The van der Waals surface area contributed by atoms with E-state index >= 15 is 0 Å². The lowest BCUT2D eigenvalue weighted by atomic mass is 10.0. The fourth-order valence-electron chi connectivity index (χ4n) is 3.41. The van der Waals surface area contributed by atoms with Crippen LogP contribution in [0, 0.1) is 0 Å². The smallest absolute Gasteiger partial charge is 0.303 e. The van der Waals surface area contributed by atoms with Gasteiger partial charge < -0.3 is 5.11 Å². The molecule has 0 rings (SSSR count). The van der Waals surface area contributed by atoms with Crippen LogP contribution in [0.15, 0.2) is 12.2 Å². The van der Waals surface area contributed by atoms with E-state index in [0.717, 1.165) is 12.8 Å². The molecular formula is C24H46O2. The van der Waals surface area contributed by atoms with Crippen molar-refractivity contribution in [2.45, 2.75) is 135 Å². The summed E-state index contributed by atoms with van der Waals surface area (Å²) in [6.45, 7) is 2.28. The third kappa shape index (κ3) is 23.2. The Kier molecular flexibility index (Phi) is 21.6. The molecule has 0 saturated heterocycles. The van der Waals surface area contributed by atoms with E-state index in [2.05, 4.69) is 19.1 Å². The van der Waals surface area contributed by atoms with Crippen LogP contribution in [-0.2, 0) is 4.79 Å². The molecule has 0 atom stereocenters. The number of carboxylic acids is 1. The molecule has 154 valence electrons. The van der Waals surface area contributed by atoms with Crippen LogP contribution in [0.5, 0.6) is 0 Å². The SMILES string of the molecule is CCCCCCCC/C=C/CCCCCCCCCCCCCC(=O)O. The largest absolute Gasteiger partial charge is 0.481 e. The Hall–Kier alpha value is -0.790. The van der Waals surface area contributed by atoms with Crippen LogP contribution in [0.25, 0.3) is 0 Å². The van der Waals surface area contributed by atoms with Crippen molar-refractivity contribution in [2.75, 3.05) is 0 Å². The van der Waals surface area contributed by atoms with Crippen molar-refractivity contribution < 1.29 is 9.90 Å². The zero-order valence-corrected chi connectivity index (χ0v) is 17.7. The Morgan fingerprint density at radius 3 is 1.31 bits per heavy atom.